The molecule has 0 aliphatic rings. The minimum atomic E-state index is -0.110. The number of rotatable bonds is 9. The van der Waals surface area contributed by atoms with Crippen LogP contribution in [-0.2, 0) is 16.0 Å². The molecule has 4 heteroatoms. The van der Waals surface area contributed by atoms with E-state index in [-0.39, 0.29) is 11.9 Å². The van der Waals surface area contributed by atoms with Gasteiger partial charge in [-0.05, 0) is 37.5 Å². The average Bonchev–Trinajstić information content (AvgIpc) is 2.51. The highest BCUT2D eigenvalue weighted by Gasteiger charge is 2.20. The molecule has 0 radical (unpaired) electrons. The first-order valence-corrected chi connectivity index (χ1v) is 7.53. The van der Waals surface area contributed by atoms with E-state index in [1.165, 1.54) is 0 Å². The molecular weight excluding hydrogens is 268 g/mol. The second-order valence-corrected chi connectivity index (χ2v) is 4.98. The van der Waals surface area contributed by atoms with Crippen LogP contribution in [0.2, 0.25) is 0 Å². The van der Waals surface area contributed by atoms with Crippen molar-refractivity contribution in [3.8, 4) is 11.5 Å². The lowest BCUT2D eigenvalue weighted by molar-refractivity contribution is -0.148. The van der Waals surface area contributed by atoms with Gasteiger partial charge in [-0.25, -0.2) is 0 Å². The number of unbranched alkanes of at least 4 members (excludes halogenated alkanes) is 1. The number of methoxy groups -OCH3 is 2. The van der Waals surface area contributed by atoms with Crippen molar-refractivity contribution in [2.45, 2.75) is 39.5 Å². The highest BCUT2D eigenvalue weighted by molar-refractivity contribution is 5.72. The fourth-order valence-corrected chi connectivity index (χ4v) is 2.31. The fourth-order valence-electron chi connectivity index (χ4n) is 2.31. The van der Waals surface area contributed by atoms with E-state index in [9.17, 15) is 4.79 Å². The number of esters is 1. The highest BCUT2D eigenvalue weighted by Crippen LogP contribution is 2.29. The average molecular weight is 294 g/mol. The minimum absolute atomic E-state index is 0.0944. The summed E-state index contributed by atoms with van der Waals surface area (Å²) in [4.78, 5) is 12.1. The summed E-state index contributed by atoms with van der Waals surface area (Å²) in [5.41, 5.74) is 1.06. The van der Waals surface area contributed by atoms with Gasteiger partial charge in [-0.15, -0.1) is 0 Å². The molecule has 1 unspecified atom stereocenters. The summed E-state index contributed by atoms with van der Waals surface area (Å²) in [6.07, 6.45) is 3.61. The Hall–Kier alpha value is -1.71. The third-order valence-electron chi connectivity index (χ3n) is 3.46. The van der Waals surface area contributed by atoms with Crippen molar-refractivity contribution in [3.63, 3.8) is 0 Å². The molecule has 1 rings (SSSR count). The van der Waals surface area contributed by atoms with Crippen molar-refractivity contribution in [1.29, 1.82) is 0 Å². The fraction of sp³-hybridized carbons (Fsp3) is 0.588. The normalized spacial score (nSPS) is 11.8. The third-order valence-corrected chi connectivity index (χ3v) is 3.46. The van der Waals surface area contributed by atoms with E-state index in [1.807, 2.05) is 25.1 Å². The Balaban J connectivity index is 2.84. The Kier molecular flexibility index (Phi) is 7.65. The summed E-state index contributed by atoms with van der Waals surface area (Å²) in [7, 11) is 3.22. The van der Waals surface area contributed by atoms with Crippen LogP contribution in [-0.4, -0.2) is 26.8 Å². The topological polar surface area (TPSA) is 44.8 Å². The molecule has 0 bridgehead atoms. The van der Waals surface area contributed by atoms with Gasteiger partial charge in [-0.3, -0.25) is 4.79 Å². The van der Waals surface area contributed by atoms with E-state index in [0.29, 0.717) is 24.5 Å². The van der Waals surface area contributed by atoms with Crippen LogP contribution >= 0.6 is 0 Å². The molecule has 0 N–H and O–H groups in total. The first-order valence-electron chi connectivity index (χ1n) is 7.53. The molecule has 0 saturated heterocycles. The quantitative estimate of drug-likeness (QED) is 0.653. The van der Waals surface area contributed by atoms with Crippen LogP contribution < -0.4 is 9.47 Å². The lowest BCUT2D eigenvalue weighted by Gasteiger charge is -2.16. The van der Waals surface area contributed by atoms with Gasteiger partial charge in [0.1, 0.15) is 0 Å². The Morgan fingerprint density at radius 1 is 1.14 bits per heavy atom. The van der Waals surface area contributed by atoms with Crippen LogP contribution in [0, 0.1) is 5.92 Å². The Bertz CT molecular complexity index is 442. The molecule has 0 aliphatic carbocycles. The molecule has 0 spiro atoms. The standard InChI is InChI=1S/C17H26O4/c1-5-7-8-14(17(18)21-6-2)11-13-9-10-15(19-3)16(12-13)20-4/h9-10,12,14H,5-8,11H2,1-4H3. The molecule has 21 heavy (non-hydrogen) atoms. The number of hydrogen-bond donors (Lipinski definition) is 0. The maximum Gasteiger partial charge on any atom is 0.309 e. The van der Waals surface area contributed by atoms with Gasteiger partial charge in [0.15, 0.2) is 11.5 Å². The first-order chi connectivity index (χ1) is 10.2. The van der Waals surface area contributed by atoms with E-state index < -0.39 is 0 Å². The van der Waals surface area contributed by atoms with Gasteiger partial charge < -0.3 is 14.2 Å². The predicted octanol–water partition coefficient (Wildman–Crippen LogP) is 3.62. The number of carbonyl (C=O) groups is 1. The Labute approximate surface area is 127 Å². The van der Waals surface area contributed by atoms with Crippen LogP contribution in [0.4, 0.5) is 0 Å². The molecule has 1 aromatic carbocycles. The highest BCUT2D eigenvalue weighted by atomic mass is 16.5. The van der Waals surface area contributed by atoms with E-state index in [4.69, 9.17) is 14.2 Å². The number of ether oxygens (including phenoxy) is 3. The smallest absolute Gasteiger partial charge is 0.309 e. The van der Waals surface area contributed by atoms with Crippen LogP contribution in [0.15, 0.2) is 18.2 Å². The molecule has 0 saturated carbocycles. The van der Waals surface area contributed by atoms with Crippen LogP contribution in [0.1, 0.15) is 38.7 Å². The zero-order valence-electron chi connectivity index (χ0n) is 13.5. The summed E-state index contributed by atoms with van der Waals surface area (Å²) in [6.45, 7) is 4.39. The number of carbonyl (C=O) groups excluding carboxylic acids is 1. The van der Waals surface area contributed by atoms with E-state index in [2.05, 4.69) is 6.92 Å². The Morgan fingerprint density at radius 2 is 1.86 bits per heavy atom. The molecule has 0 aliphatic heterocycles. The summed E-state index contributed by atoms with van der Waals surface area (Å²) in [6, 6.07) is 5.77. The lowest BCUT2D eigenvalue weighted by Crippen LogP contribution is -2.20. The monoisotopic (exact) mass is 294 g/mol. The van der Waals surface area contributed by atoms with Gasteiger partial charge in [-0.2, -0.15) is 0 Å². The van der Waals surface area contributed by atoms with Crippen LogP contribution in [0.5, 0.6) is 11.5 Å². The molecule has 1 aromatic rings. The summed E-state index contributed by atoms with van der Waals surface area (Å²) < 4.78 is 15.7. The van der Waals surface area contributed by atoms with Crippen molar-refractivity contribution in [2.75, 3.05) is 20.8 Å². The second kappa shape index (κ2) is 9.27. The molecule has 4 nitrogen and oxygen atoms in total. The Morgan fingerprint density at radius 3 is 2.43 bits per heavy atom. The van der Waals surface area contributed by atoms with Crippen molar-refractivity contribution in [2.24, 2.45) is 5.92 Å². The van der Waals surface area contributed by atoms with Crippen molar-refractivity contribution in [1.82, 2.24) is 0 Å². The number of hydrogen-bond acceptors (Lipinski definition) is 4. The largest absolute Gasteiger partial charge is 0.493 e. The molecular formula is C17H26O4. The summed E-state index contributed by atoms with van der Waals surface area (Å²) >= 11 is 0. The summed E-state index contributed by atoms with van der Waals surface area (Å²) in [5.74, 6) is 1.18. The molecule has 118 valence electrons. The molecule has 1 atom stereocenters. The van der Waals surface area contributed by atoms with Crippen molar-refractivity contribution >= 4 is 5.97 Å². The molecule has 0 amide bonds. The van der Waals surface area contributed by atoms with Crippen molar-refractivity contribution in [3.05, 3.63) is 23.8 Å². The van der Waals surface area contributed by atoms with Gasteiger partial charge in [-0.1, -0.05) is 25.8 Å². The van der Waals surface area contributed by atoms with Gasteiger partial charge >= 0.3 is 5.97 Å². The minimum Gasteiger partial charge on any atom is -0.493 e. The van der Waals surface area contributed by atoms with Crippen LogP contribution in [0.3, 0.4) is 0 Å². The zero-order valence-corrected chi connectivity index (χ0v) is 13.5. The van der Waals surface area contributed by atoms with Crippen molar-refractivity contribution < 1.29 is 19.0 Å². The summed E-state index contributed by atoms with van der Waals surface area (Å²) in [5, 5.41) is 0. The predicted molar refractivity (Wildman–Crippen MR) is 82.9 cm³/mol. The van der Waals surface area contributed by atoms with Gasteiger partial charge in [0.2, 0.25) is 0 Å². The lowest BCUT2D eigenvalue weighted by atomic mass is 9.94. The van der Waals surface area contributed by atoms with Crippen LogP contribution in [0.25, 0.3) is 0 Å². The first kappa shape index (κ1) is 17.3. The van der Waals surface area contributed by atoms with E-state index in [1.54, 1.807) is 14.2 Å². The van der Waals surface area contributed by atoms with E-state index >= 15 is 0 Å². The molecule has 0 aromatic heterocycles. The maximum absolute atomic E-state index is 12.1. The molecule has 0 heterocycles. The third kappa shape index (κ3) is 5.29. The van der Waals surface area contributed by atoms with Gasteiger partial charge in [0.25, 0.3) is 0 Å². The van der Waals surface area contributed by atoms with Gasteiger partial charge in [0.05, 0.1) is 26.7 Å². The SMILES string of the molecule is CCCCC(Cc1ccc(OC)c(OC)c1)C(=O)OCC. The molecule has 0 fully saturated rings. The zero-order chi connectivity index (χ0) is 15.7. The number of benzene rings is 1. The maximum atomic E-state index is 12.1. The van der Waals surface area contributed by atoms with E-state index in [0.717, 1.165) is 24.8 Å². The second-order valence-electron chi connectivity index (χ2n) is 4.98. The van der Waals surface area contributed by atoms with Gasteiger partial charge in [0, 0.05) is 0 Å².